The highest BCUT2D eigenvalue weighted by Gasteiger charge is 2.43. The Morgan fingerprint density at radius 2 is 1.94 bits per heavy atom. The molecule has 4 nitrogen and oxygen atoms in total. The van der Waals surface area contributed by atoms with Gasteiger partial charge in [0.1, 0.15) is 0 Å². The second-order valence-electron chi connectivity index (χ2n) is 6.53. The number of hydrogen-bond donors (Lipinski definition) is 2. The monoisotopic (exact) mass is 276 g/mol. The van der Waals surface area contributed by atoms with Gasteiger partial charge in [0.05, 0.1) is 12.7 Å². The van der Waals surface area contributed by atoms with Crippen LogP contribution in [0.15, 0.2) is 0 Å². The van der Waals surface area contributed by atoms with Crippen LogP contribution in [-0.4, -0.2) is 44.3 Å². The normalized spacial score (nSPS) is 30.5. The summed E-state index contributed by atoms with van der Waals surface area (Å²) in [5.74, 6) is 0.298. The zero-order valence-electron chi connectivity index (χ0n) is 12.3. The van der Waals surface area contributed by atoms with Crippen LogP contribution in [-0.2, 0) is 9.47 Å². The standard InChI is InChI=1S/C13H28O4Si/c1-13(2,18(4,5)15)8-10-6-7-11(9-14)17-12(10)16-3/h10-12,14-15H,6-9H2,1-5H3. The molecule has 0 radical (unpaired) electrons. The van der Waals surface area contributed by atoms with E-state index in [-0.39, 0.29) is 24.0 Å². The van der Waals surface area contributed by atoms with Crippen LogP contribution in [0.25, 0.3) is 0 Å². The van der Waals surface area contributed by atoms with E-state index in [0.717, 1.165) is 19.3 Å². The average molecular weight is 276 g/mol. The first-order valence-electron chi connectivity index (χ1n) is 6.73. The van der Waals surface area contributed by atoms with E-state index in [0.29, 0.717) is 5.92 Å². The molecular formula is C13H28O4Si. The molecule has 0 aromatic heterocycles. The Kier molecular flexibility index (Phi) is 5.38. The molecule has 2 N–H and O–H groups in total. The summed E-state index contributed by atoms with van der Waals surface area (Å²) in [6.45, 7) is 8.27. The van der Waals surface area contributed by atoms with E-state index in [1.54, 1.807) is 7.11 Å². The SMILES string of the molecule is COC1OC(CO)CCC1CC(C)(C)[Si](C)(C)O. The van der Waals surface area contributed by atoms with Crippen molar-refractivity contribution in [1.29, 1.82) is 0 Å². The maximum Gasteiger partial charge on any atom is 0.188 e. The van der Waals surface area contributed by atoms with E-state index in [1.165, 1.54) is 0 Å². The molecule has 1 fully saturated rings. The van der Waals surface area contributed by atoms with E-state index in [4.69, 9.17) is 14.6 Å². The molecule has 108 valence electrons. The van der Waals surface area contributed by atoms with Gasteiger partial charge in [0.2, 0.25) is 0 Å². The van der Waals surface area contributed by atoms with Gasteiger partial charge in [0.15, 0.2) is 14.6 Å². The van der Waals surface area contributed by atoms with E-state index < -0.39 is 8.32 Å². The van der Waals surface area contributed by atoms with Gasteiger partial charge in [-0.05, 0) is 37.4 Å². The molecule has 1 heterocycles. The molecule has 0 aliphatic carbocycles. The molecular weight excluding hydrogens is 248 g/mol. The lowest BCUT2D eigenvalue weighted by Gasteiger charge is -2.42. The number of aliphatic hydroxyl groups is 1. The fourth-order valence-electron chi connectivity index (χ4n) is 2.39. The van der Waals surface area contributed by atoms with Crippen LogP contribution in [0.1, 0.15) is 33.1 Å². The summed E-state index contributed by atoms with van der Waals surface area (Å²) in [5.41, 5.74) is 0. The molecule has 1 rings (SSSR count). The van der Waals surface area contributed by atoms with Crippen LogP contribution in [0, 0.1) is 5.92 Å². The lowest BCUT2D eigenvalue weighted by molar-refractivity contribution is -0.218. The minimum absolute atomic E-state index is 0.0518. The highest BCUT2D eigenvalue weighted by Crippen LogP contribution is 2.45. The summed E-state index contributed by atoms with van der Waals surface area (Å²) in [7, 11) is -0.552. The predicted octanol–water partition coefficient (Wildman–Crippen LogP) is 2.11. The summed E-state index contributed by atoms with van der Waals surface area (Å²) in [5, 5.41) is 9.07. The van der Waals surface area contributed by atoms with Gasteiger partial charge in [-0.3, -0.25) is 0 Å². The van der Waals surface area contributed by atoms with Crippen molar-refractivity contribution in [2.24, 2.45) is 5.92 Å². The molecule has 0 spiro atoms. The van der Waals surface area contributed by atoms with Gasteiger partial charge in [-0.2, -0.15) is 0 Å². The number of rotatable bonds is 5. The molecule has 1 aliphatic rings. The van der Waals surface area contributed by atoms with E-state index in [2.05, 4.69) is 13.8 Å². The maximum atomic E-state index is 10.4. The van der Waals surface area contributed by atoms with Crippen molar-refractivity contribution in [3.05, 3.63) is 0 Å². The highest BCUT2D eigenvalue weighted by molar-refractivity contribution is 6.72. The summed E-state index contributed by atoms with van der Waals surface area (Å²) < 4.78 is 11.1. The first-order chi connectivity index (χ1) is 8.21. The lowest BCUT2D eigenvalue weighted by atomic mass is 9.88. The van der Waals surface area contributed by atoms with Crippen LogP contribution in [0.2, 0.25) is 18.1 Å². The highest BCUT2D eigenvalue weighted by atomic mass is 28.4. The van der Waals surface area contributed by atoms with Crippen molar-refractivity contribution in [2.75, 3.05) is 13.7 Å². The minimum atomic E-state index is -2.20. The van der Waals surface area contributed by atoms with Crippen LogP contribution in [0.4, 0.5) is 0 Å². The second-order valence-corrected chi connectivity index (χ2v) is 11.0. The van der Waals surface area contributed by atoms with Crippen LogP contribution in [0.3, 0.4) is 0 Å². The molecule has 18 heavy (non-hydrogen) atoms. The Hall–Kier alpha value is 0.0569. The van der Waals surface area contributed by atoms with Gasteiger partial charge in [-0.25, -0.2) is 0 Å². The second kappa shape index (κ2) is 6.01. The summed E-state index contributed by atoms with van der Waals surface area (Å²) >= 11 is 0. The molecule has 5 heteroatoms. The molecule has 3 unspecified atom stereocenters. The third-order valence-electron chi connectivity index (χ3n) is 4.44. The summed E-state index contributed by atoms with van der Waals surface area (Å²) in [6, 6.07) is 0. The molecule has 0 aromatic rings. The summed E-state index contributed by atoms with van der Waals surface area (Å²) in [6.07, 6.45) is 2.39. The Morgan fingerprint density at radius 3 is 2.39 bits per heavy atom. The zero-order chi connectivity index (χ0) is 14.0. The van der Waals surface area contributed by atoms with Crippen molar-refractivity contribution in [3.8, 4) is 0 Å². The van der Waals surface area contributed by atoms with Gasteiger partial charge in [-0.15, -0.1) is 0 Å². The molecule has 1 aliphatic heterocycles. The van der Waals surface area contributed by atoms with Crippen molar-refractivity contribution in [2.45, 2.75) is 63.6 Å². The molecule has 0 amide bonds. The molecule has 1 saturated heterocycles. The van der Waals surface area contributed by atoms with Crippen molar-refractivity contribution >= 4 is 8.32 Å². The molecule has 0 bridgehead atoms. The minimum Gasteiger partial charge on any atom is -0.432 e. The average Bonchev–Trinajstić information content (AvgIpc) is 2.27. The van der Waals surface area contributed by atoms with Crippen LogP contribution >= 0.6 is 0 Å². The van der Waals surface area contributed by atoms with Gasteiger partial charge < -0.3 is 19.4 Å². The van der Waals surface area contributed by atoms with Crippen molar-refractivity contribution in [1.82, 2.24) is 0 Å². The van der Waals surface area contributed by atoms with Crippen LogP contribution in [0.5, 0.6) is 0 Å². The third kappa shape index (κ3) is 3.77. The van der Waals surface area contributed by atoms with Gasteiger partial charge >= 0.3 is 0 Å². The third-order valence-corrected chi connectivity index (χ3v) is 7.95. The fourth-order valence-corrected chi connectivity index (χ4v) is 3.15. The first kappa shape index (κ1) is 16.1. The smallest absolute Gasteiger partial charge is 0.188 e. The van der Waals surface area contributed by atoms with Gasteiger partial charge in [0.25, 0.3) is 0 Å². The number of hydrogen-bond acceptors (Lipinski definition) is 4. The maximum absolute atomic E-state index is 10.4. The number of methoxy groups -OCH3 is 1. The molecule has 0 aromatic carbocycles. The summed E-state index contributed by atoms with van der Waals surface area (Å²) in [4.78, 5) is 10.4. The Bertz CT molecular complexity index is 262. The zero-order valence-corrected chi connectivity index (χ0v) is 13.3. The molecule has 3 atom stereocenters. The van der Waals surface area contributed by atoms with E-state index >= 15 is 0 Å². The number of aliphatic hydroxyl groups excluding tert-OH is 1. The quantitative estimate of drug-likeness (QED) is 0.755. The van der Waals surface area contributed by atoms with Crippen LogP contribution < -0.4 is 0 Å². The Labute approximate surface area is 111 Å². The number of ether oxygens (including phenoxy) is 2. The van der Waals surface area contributed by atoms with Gasteiger partial charge in [-0.1, -0.05) is 13.8 Å². The predicted molar refractivity (Wildman–Crippen MR) is 73.8 cm³/mol. The van der Waals surface area contributed by atoms with E-state index in [9.17, 15) is 4.80 Å². The molecule has 0 saturated carbocycles. The van der Waals surface area contributed by atoms with Gasteiger partial charge in [0, 0.05) is 13.0 Å². The Morgan fingerprint density at radius 1 is 1.33 bits per heavy atom. The first-order valence-corrected chi connectivity index (χ1v) is 9.67. The topological polar surface area (TPSA) is 58.9 Å². The van der Waals surface area contributed by atoms with E-state index in [1.807, 2.05) is 13.1 Å². The fraction of sp³-hybridized carbons (Fsp3) is 1.00. The van der Waals surface area contributed by atoms with Crippen molar-refractivity contribution < 1.29 is 19.4 Å². The Balaban J connectivity index is 2.66. The largest absolute Gasteiger partial charge is 0.432 e. The lowest BCUT2D eigenvalue weighted by Crippen LogP contribution is -2.44. The van der Waals surface area contributed by atoms with Crippen molar-refractivity contribution in [3.63, 3.8) is 0 Å².